The fourth-order valence-corrected chi connectivity index (χ4v) is 3.73. The van der Waals surface area contributed by atoms with Crippen LogP contribution in [0.3, 0.4) is 0 Å². The number of rotatable bonds is 6. The Kier molecular flexibility index (Phi) is 3.40. The molecular weight excluding hydrogens is 302 g/mol. The van der Waals surface area contributed by atoms with Crippen LogP contribution < -0.4 is 10.2 Å². The molecule has 4 rings (SSSR count). The molecule has 1 fully saturated rings. The van der Waals surface area contributed by atoms with E-state index in [4.69, 9.17) is 4.98 Å². The summed E-state index contributed by atoms with van der Waals surface area (Å²) in [5.41, 5.74) is 4.22. The molecule has 0 unspecified atom stereocenters. The molecule has 5 nitrogen and oxygen atoms in total. The zero-order valence-corrected chi connectivity index (χ0v) is 13.5. The molecule has 3 aromatic rings. The van der Waals surface area contributed by atoms with Crippen LogP contribution in [-0.4, -0.2) is 27.5 Å². The van der Waals surface area contributed by atoms with Crippen LogP contribution in [0.15, 0.2) is 22.5 Å². The fraction of sp³-hybridized carbons (Fsp3) is 0.429. The Bertz CT molecular complexity index is 726. The van der Waals surface area contributed by atoms with E-state index in [0.717, 1.165) is 29.6 Å². The monoisotopic (exact) mass is 319 g/mol. The molecule has 110 valence electrons. The highest BCUT2D eigenvalue weighted by molar-refractivity contribution is 7.15. The second-order valence-electron chi connectivity index (χ2n) is 5.43. The third kappa shape index (κ3) is 2.68. The molecule has 1 saturated carbocycles. The number of hydrogen-bond donors (Lipinski definition) is 1. The van der Waals surface area contributed by atoms with Crippen molar-refractivity contribution >= 4 is 33.5 Å². The first-order chi connectivity index (χ1) is 10.3. The van der Waals surface area contributed by atoms with Gasteiger partial charge in [0.2, 0.25) is 0 Å². The molecule has 1 aliphatic carbocycles. The first-order valence-electron chi connectivity index (χ1n) is 7.07. The van der Waals surface area contributed by atoms with E-state index in [-0.39, 0.29) is 0 Å². The first kappa shape index (κ1) is 13.2. The Hall–Kier alpha value is -1.44. The van der Waals surface area contributed by atoms with Gasteiger partial charge in [0.05, 0.1) is 23.4 Å². The second kappa shape index (κ2) is 5.40. The lowest BCUT2D eigenvalue weighted by Gasteiger charge is -2.17. The van der Waals surface area contributed by atoms with E-state index >= 15 is 0 Å². The maximum atomic E-state index is 4.79. The summed E-state index contributed by atoms with van der Waals surface area (Å²) in [6.07, 6.45) is 4.71. The molecule has 0 radical (unpaired) electrons. The van der Waals surface area contributed by atoms with Crippen molar-refractivity contribution in [3.8, 4) is 0 Å². The largest absolute Gasteiger partial charge is 0.352 e. The van der Waals surface area contributed by atoms with Crippen molar-refractivity contribution in [3.63, 3.8) is 0 Å². The van der Waals surface area contributed by atoms with Crippen LogP contribution in [0.5, 0.6) is 0 Å². The van der Waals surface area contributed by atoms with Crippen molar-refractivity contribution in [2.24, 2.45) is 0 Å². The summed E-state index contributed by atoms with van der Waals surface area (Å²) >= 11 is 3.32. The molecule has 0 aliphatic heterocycles. The third-order valence-electron chi connectivity index (χ3n) is 3.72. The molecule has 1 N–H and O–H groups in total. The maximum absolute atomic E-state index is 4.79. The average Bonchev–Trinajstić information content (AvgIpc) is 2.90. The van der Waals surface area contributed by atoms with Gasteiger partial charge in [0, 0.05) is 36.6 Å². The molecule has 0 aromatic carbocycles. The normalized spacial score (nSPS) is 14.9. The average molecular weight is 319 g/mol. The molecule has 7 heteroatoms. The van der Waals surface area contributed by atoms with E-state index < -0.39 is 0 Å². The highest BCUT2D eigenvalue weighted by Crippen LogP contribution is 2.26. The Labute approximate surface area is 131 Å². The van der Waals surface area contributed by atoms with Gasteiger partial charge in [-0.05, 0) is 12.8 Å². The van der Waals surface area contributed by atoms with Gasteiger partial charge in [-0.25, -0.2) is 9.97 Å². The number of thiazole rings is 2. The SMILES string of the molecule is CN(Cc1cscn1)c1nc2sccn2c1CNC1CC1. The van der Waals surface area contributed by atoms with E-state index in [1.165, 1.54) is 18.5 Å². The van der Waals surface area contributed by atoms with Crippen LogP contribution in [0.1, 0.15) is 24.2 Å². The number of aromatic nitrogens is 3. The highest BCUT2D eigenvalue weighted by Gasteiger charge is 2.23. The number of nitrogens with zero attached hydrogens (tertiary/aromatic N) is 4. The molecule has 0 saturated heterocycles. The van der Waals surface area contributed by atoms with E-state index in [1.54, 1.807) is 22.7 Å². The molecule has 0 amide bonds. The second-order valence-corrected chi connectivity index (χ2v) is 7.02. The zero-order chi connectivity index (χ0) is 14.2. The maximum Gasteiger partial charge on any atom is 0.195 e. The van der Waals surface area contributed by atoms with Gasteiger partial charge in [-0.15, -0.1) is 22.7 Å². The highest BCUT2D eigenvalue weighted by atomic mass is 32.1. The Morgan fingerprint density at radius 2 is 2.38 bits per heavy atom. The van der Waals surface area contributed by atoms with Crippen molar-refractivity contribution in [2.45, 2.75) is 32.0 Å². The Morgan fingerprint density at radius 3 is 3.14 bits per heavy atom. The van der Waals surface area contributed by atoms with Gasteiger partial charge in [0.15, 0.2) is 10.8 Å². The van der Waals surface area contributed by atoms with Gasteiger partial charge in [0.1, 0.15) is 0 Å². The van der Waals surface area contributed by atoms with Crippen LogP contribution >= 0.6 is 22.7 Å². The summed E-state index contributed by atoms with van der Waals surface area (Å²) in [7, 11) is 2.09. The van der Waals surface area contributed by atoms with Gasteiger partial charge < -0.3 is 10.2 Å². The molecule has 1 aliphatic rings. The zero-order valence-electron chi connectivity index (χ0n) is 11.8. The van der Waals surface area contributed by atoms with Gasteiger partial charge in [-0.3, -0.25) is 4.40 Å². The van der Waals surface area contributed by atoms with Gasteiger partial charge in [-0.1, -0.05) is 0 Å². The van der Waals surface area contributed by atoms with E-state index in [0.29, 0.717) is 6.04 Å². The Balaban J connectivity index is 1.62. The minimum Gasteiger partial charge on any atom is -0.352 e. The molecule has 3 heterocycles. The van der Waals surface area contributed by atoms with Gasteiger partial charge in [-0.2, -0.15) is 0 Å². The van der Waals surface area contributed by atoms with Crippen molar-refractivity contribution in [1.29, 1.82) is 0 Å². The van der Waals surface area contributed by atoms with Crippen LogP contribution in [0.4, 0.5) is 5.82 Å². The minimum atomic E-state index is 0.700. The molecule has 3 aromatic heterocycles. The van der Waals surface area contributed by atoms with Crippen molar-refractivity contribution in [3.05, 3.63) is 33.9 Å². The Morgan fingerprint density at radius 1 is 1.48 bits per heavy atom. The molecule has 0 spiro atoms. The van der Waals surface area contributed by atoms with E-state index in [1.807, 2.05) is 5.51 Å². The van der Waals surface area contributed by atoms with E-state index in [2.05, 4.69) is 43.6 Å². The predicted octanol–water partition coefficient (Wildman–Crippen LogP) is 2.74. The van der Waals surface area contributed by atoms with Crippen LogP contribution in [0.2, 0.25) is 0 Å². The number of fused-ring (bicyclic) bond motifs is 1. The summed E-state index contributed by atoms with van der Waals surface area (Å²) < 4.78 is 2.20. The summed E-state index contributed by atoms with van der Waals surface area (Å²) in [6.45, 7) is 1.67. The minimum absolute atomic E-state index is 0.700. The lowest BCUT2D eigenvalue weighted by atomic mass is 10.3. The molecule has 0 atom stereocenters. The quantitative estimate of drug-likeness (QED) is 0.759. The van der Waals surface area contributed by atoms with Crippen molar-refractivity contribution in [2.75, 3.05) is 11.9 Å². The number of nitrogens with one attached hydrogen (secondary N) is 1. The van der Waals surface area contributed by atoms with Crippen molar-refractivity contribution < 1.29 is 0 Å². The van der Waals surface area contributed by atoms with Crippen LogP contribution in [0, 0.1) is 0 Å². The van der Waals surface area contributed by atoms with Crippen LogP contribution in [0.25, 0.3) is 4.96 Å². The summed E-state index contributed by atoms with van der Waals surface area (Å²) in [6, 6.07) is 0.700. The number of imidazole rings is 1. The number of hydrogen-bond acceptors (Lipinski definition) is 6. The predicted molar refractivity (Wildman–Crippen MR) is 87.2 cm³/mol. The van der Waals surface area contributed by atoms with Gasteiger partial charge >= 0.3 is 0 Å². The standard InChI is InChI=1S/C14H17N5S2/c1-18(7-11-8-20-9-16-11)13-12(6-15-10-2-3-10)19-4-5-21-14(19)17-13/h4-5,8-10,15H,2-3,6-7H2,1H3. The lowest BCUT2D eigenvalue weighted by Crippen LogP contribution is -2.22. The summed E-state index contributed by atoms with van der Waals surface area (Å²) in [4.78, 5) is 12.4. The molecule has 21 heavy (non-hydrogen) atoms. The smallest absolute Gasteiger partial charge is 0.195 e. The fourth-order valence-electron chi connectivity index (χ4n) is 2.45. The van der Waals surface area contributed by atoms with Crippen molar-refractivity contribution in [1.82, 2.24) is 19.7 Å². The van der Waals surface area contributed by atoms with Crippen LogP contribution in [-0.2, 0) is 13.1 Å². The van der Waals surface area contributed by atoms with Gasteiger partial charge in [0.25, 0.3) is 0 Å². The molecular formula is C14H17N5S2. The molecule has 0 bridgehead atoms. The summed E-state index contributed by atoms with van der Waals surface area (Å²) in [5.74, 6) is 1.06. The number of anilines is 1. The third-order valence-corrected chi connectivity index (χ3v) is 5.11. The topological polar surface area (TPSA) is 45.5 Å². The van der Waals surface area contributed by atoms with E-state index in [9.17, 15) is 0 Å². The summed E-state index contributed by atoms with van der Waals surface area (Å²) in [5, 5.41) is 7.78. The first-order valence-corrected chi connectivity index (χ1v) is 8.89. The lowest BCUT2D eigenvalue weighted by molar-refractivity contribution is 0.668.